The maximum Gasteiger partial charge on any atom is 0.254 e. The Kier molecular flexibility index (Phi) is 24.3. The third-order valence-corrected chi connectivity index (χ3v) is 21.7. The molecule has 19 rings (SSSR count). The van der Waals surface area contributed by atoms with Crippen LogP contribution in [-0.4, -0.2) is 125 Å². The molecule has 21 nitrogen and oxygen atoms in total. The van der Waals surface area contributed by atoms with Gasteiger partial charge in [0, 0.05) is 132 Å². The van der Waals surface area contributed by atoms with Crippen LogP contribution in [0.5, 0.6) is 17.2 Å². The van der Waals surface area contributed by atoms with Crippen LogP contribution < -0.4 is 19.5 Å². The van der Waals surface area contributed by atoms with E-state index >= 15 is 0 Å². The predicted octanol–water partition coefficient (Wildman–Crippen LogP) is 19.5. The molecule has 25 heteroatoms. The average molecular weight is 1650 g/mol. The number of methoxy groups -OCH3 is 1. The Balaban J connectivity index is 0.000000121. The first-order chi connectivity index (χ1) is 59.8. The second-order valence-corrected chi connectivity index (χ2v) is 30.9. The zero-order valence-electron chi connectivity index (χ0n) is 67.7. The number of pyridine rings is 1. The smallest absolute Gasteiger partial charge is 0.254 e. The highest BCUT2D eigenvalue weighted by Crippen LogP contribution is 2.41. The minimum atomic E-state index is -0.702. The molecular formula is C98H84F4N14O7. The van der Waals surface area contributed by atoms with Crippen LogP contribution in [0.3, 0.4) is 0 Å². The summed E-state index contributed by atoms with van der Waals surface area (Å²) >= 11 is 0. The Morgan fingerprint density at radius 2 is 0.862 bits per heavy atom. The van der Waals surface area contributed by atoms with E-state index in [-0.39, 0.29) is 54.0 Å². The fraction of sp³-hybridized carbons (Fsp3) is 0.184. The van der Waals surface area contributed by atoms with E-state index in [9.17, 15) is 42.0 Å². The molecule has 3 fully saturated rings. The first-order valence-corrected chi connectivity index (χ1v) is 40.3. The molecule has 0 spiro atoms. The van der Waals surface area contributed by atoms with Crippen LogP contribution in [-0.2, 0) is 32.6 Å². The van der Waals surface area contributed by atoms with Gasteiger partial charge in [0.15, 0.2) is 0 Å². The molecule has 123 heavy (non-hydrogen) atoms. The average Bonchev–Trinajstić information content (AvgIpc) is 1.77. The van der Waals surface area contributed by atoms with Crippen molar-refractivity contribution in [2.45, 2.75) is 83.3 Å². The summed E-state index contributed by atoms with van der Waals surface area (Å²) in [6.45, 7) is 1.54. The Bertz CT molecular complexity index is 6630. The van der Waals surface area contributed by atoms with Crippen molar-refractivity contribution in [2.24, 2.45) is 5.92 Å². The number of nitrogens with one attached hydrogen (secondary N) is 5. The minimum Gasteiger partial charge on any atom is -0.496 e. The van der Waals surface area contributed by atoms with Crippen LogP contribution in [0.2, 0.25) is 0 Å². The topological polar surface area (TPSA) is 269 Å². The molecule has 16 aromatic rings. The maximum atomic E-state index is 13.8. The van der Waals surface area contributed by atoms with Crippen LogP contribution in [0.25, 0.3) is 88.1 Å². The molecule has 0 saturated heterocycles. The lowest BCUT2D eigenvalue weighted by Crippen LogP contribution is -2.26. The van der Waals surface area contributed by atoms with Gasteiger partial charge < -0.3 is 34.2 Å². The third kappa shape index (κ3) is 19.6. The van der Waals surface area contributed by atoms with Crippen LogP contribution in [0.4, 0.5) is 17.6 Å². The molecule has 3 aliphatic carbocycles. The van der Waals surface area contributed by atoms with E-state index < -0.39 is 11.6 Å². The van der Waals surface area contributed by atoms with Gasteiger partial charge in [0.25, 0.3) is 23.6 Å². The van der Waals surface area contributed by atoms with Gasteiger partial charge in [-0.2, -0.15) is 25.7 Å². The van der Waals surface area contributed by atoms with Crippen LogP contribution in [0.1, 0.15) is 113 Å². The van der Waals surface area contributed by atoms with Crippen molar-refractivity contribution in [3.8, 4) is 67.8 Å². The number of aromatic amines is 4. The van der Waals surface area contributed by atoms with Crippen molar-refractivity contribution in [3.63, 3.8) is 0 Å². The number of rotatable bonds is 23. The monoisotopic (exact) mass is 1640 g/mol. The first-order valence-electron chi connectivity index (χ1n) is 40.3. The number of nitriles is 1. The van der Waals surface area contributed by atoms with Crippen molar-refractivity contribution in [2.75, 3.05) is 28.3 Å². The Morgan fingerprint density at radius 3 is 1.43 bits per heavy atom. The zero-order chi connectivity index (χ0) is 85.2. The number of carbonyl (C=O) groups is 4. The van der Waals surface area contributed by atoms with E-state index in [0.717, 1.165) is 149 Å². The van der Waals surface area contributed by atoms with E-state index in [4.69, 9.17) is 14.2 Å². The van der Waals surface area contributed by atoms with Gasteiger partial charge in [-0.3, -0.25) is 44.6 Å². The third-order valence-electron chi connectivity index (χ3n) is 21.7. The molecule has 0 radical (unpaired) electrons. The maximum absolute atomic E-state index is 13.8. The lowest BCUT2D eigenvalue weighted by Gasteiger charge is -2.19. The molecule has 11 aromatic carbocycles. The van der Waals surface area contributed by atoms with Gasteiger partial charge in [-0.1, -0.05) is 97.1 Å². The van der Waals surface area contributed by atoms with Crippen molar-refractivity contribution >= 4 is 67.2 Å². The van der Waals surface area contributed by atoms with E-state index in [0.29, 0.717) is 76.0 Å². The molecule has 3 saturated carbocycles. The first kappa shape index (κ1) is 81.7. The quantitative estimate of drug-likeness (QED) is 0.0373. The summed E-state index contributed by atoms with van der Waals surface area (Å²) < 4.78 is 72.4. The van der Waals surface area contributed by atoms with E-state index in [1.165, 1.54) is 61.2 Å². The highest BCUT2D eigenvalue weighted by molar-refractivity contribution is 5.99. The lowest BCUT2D eigenvalue weighted by molar-refractivity contribution is 0.0778. The summed E-state index contributed by atoms with van der Waals surface area (Å²) in [5, 5.41) is 44.1. The van der Waals surface area contributed by atoms with Gasteiger partial charge >= 0.3 is 0 Å². The number of H-pyrrole nitrogens is 4. The molecule has 4 amide bonds. The van der Waals surface area contributed by atoms with Gasteiger partial charge in [-0.15, -0.1) is 0 Å². The number of aromatic nitrogens is 9. The van der Waals surface area contributed by atoms with E-state index in [1.54, 1.807) is 116 Å². The molecule has 5 N–H and O–H groups in total. The summed E-state index contributed by atoms with van der Waals surface area (Å²) in [4.78, 5) is 61.4. The lowest BCUT2D eigenvalue weighted by atomic mass is 9.94. The van der Waals surface area contributed by atoms with Crippen molar-refractivity contribution in [1.82, 2.24) is 65.8 Å². The number of hydrogen-bond acceptors (Lipinski definition) is 13. The van der Waals surface area contributed by atoms with E-state index in [1.807, 2.05) is 116 Å². The highest BCUT2D eigenvalue weighted by atomic mass is 19.1. The molecule has 0 unspecified atom stereocenters. The number of carbonyl (C=O) groups excluding carboxylic acids is 4. The van der Waals surface area contributed by atoms with Crippen molar-refractivity contribution in [1.29, 1.82) is 5.26 Å². The largest absolute Gasteiger partial charge is 0.496 e. The molecule has 3 aliphatic rings. The highest BCUT2D eigenvalue weighted by Gasteiger charge is 2.30. The van der Waals surface area contributed by atoms with Gasteiger partial charge in [0.2, 0.25) is 0 Å². The molecule has 5 heterocycles. The standard InChI is InChI=1S/C26H24FN3O.C24H18F2N4O2.C24H20FN3O2.C24H22N4O2/c1-30(16-21-6-2-5-20-15-28-29-25(20)21)26(31)19-10-11-24(18-4-3-7-23(27)14-18)22(13-19)12-17-8-9-17;1-30(13-18-6-14(11-27)5-17-12-28-29-23(17)18)24(31)15-3-4-21(22(9-15)32-2)16-7-19(25)10-20(26)8-16;25-19-6-2-3-15(11-19)21-10-7-16(12-22(21)30-20-8-9-20)24(29)26-13-17-4-1-5-18-14-27-28-23(17)18;1-28(15-19-13-25-12-18-14-26-27-23(18)19)24(29)17-7-10-21(16-5-3-2-4-6-16)22(11-17)30-20-8-9-20/h2-7,10-11,13-15,17H,8-9,12,16H2,1H3,(H,28,29);3-10,12H,13H2,1-2H3,(H,28,29);1-7,10-12,14,20H,8-9,13H2,(H,26,29)(H,27,28);2-7,10-14,20H,8-9,15H2,1H3,(H,26,27). The summed E-state index contributed by atoms with van der Waals surface area (Å²) in [7, 11) is 6.68. The summed E-state index contributed by atoms with van der Waals surface area (Å²) in [6.07, 6.45) is 18.3. The number of hydrogen-bond donors (Lipinski definition) is 5. The summed E-state index contributed by atoms with van der Waals surface area (Å²) in [5.74, 6) is -0.183. The van der Waals surface area contributed by atoms with Crippen LogP contribution in [0.15, 0.2) is 256 Å². The number of nitrogens with zero attached hydrogens (tertiary/aromatic N) is 9. The second kappa shape index (κ2) is 36.7. The van der Waals surface area contributed by atoms with Gasteiger partial charge in [-0.25, -0.2) is 17.6 Å². The molecule has 0 aliphatic heterocycles. The molecule has 0 atom stereocenters. The minimum absolute atomic E-state index is 0.0284. The normalized spacial score (nSPS) is 12.7. The number of fused-ring (bicyclic) bond motifs is 4. The number of amides is 4. The SMILES string of the molecule is CN(Cc1cccc2cn[nH]c12)C(=O)c1ccc(-c2cccc(F)c2)c(CC2CC2)c1.CN(Cc1cncc2cn[nH]c12)C(=O)c1ccc(-c2ccccc2)c(OC2CC2)c1.COc1cc(C(=O)N(C)Cc2cc(C#N)cc3cn[nH]c23)ccc1-c1cc(F)cc(F)c1.O=C(NCc1cccc2cn[nH]c12)c1ccc(-c2cccc(F)c2)c(OC2CC2)c1. The zero-order valence-corrected chi connectivity index (χ0v) is 67.7. The molecule has 0 bridgehead atoms. The fourth-order valence-corrected chi connectivity index (χ4v) is 14.9. The number of halogens is 4. The molecular weight excluding hydrogens is 1560 g/mol. The number of para-hydroxylation sites is 2. The second-order valence-electron chi connectivity index (χ2n) is 30.9. The van der Waals surface area contributed by atoms with Gasteiger partial charge in [-0.05, 0) is 216 Å². The predicted molar refractivity (Wildman–Crippen MR) is 463 cm³/mol. The van der Waals surface area contributed by atoms with E-state index in [2.05, 4.69) is 69.3 Å². The number of ether oxygens (including phenoxy) is 3. The van der Waals surface area contributed by atoms with Crippen LogP contribution >= 0.6 is 0 Å². The Morgan fingerprint density at radius 1 is 0.407 bits per heavy atom. The summed E-state index contributed by atoms with van der Waals surface area (Å²) in [5.41, 5.74) is 17.1. The Hall–Kier alpha value is -15.1. The van der Waals surface area contributed by atoms with Gasteiger partial charge in [0.1, 0.15) is 40.5 Å². The van der Waals surface area contributed by atoms with Crippen molar-refractivity contribution in [3.05, 3.63) is 334 Å². The van der Waals surface area contributed by atoms with Crippen LogP contribution in [0, 0.1) is 40.5 Å². The summed E-state index contributed by atoms with van der Waals surface area (Å²) in [6, 6.07) is 65.3. The Labute approximate surface area is 705 Å². The van der Waals surface area contributed by atoms with Crippen molar-refractivity contribution < 1.29 is 51.0 Å². The molecule has 616 valence electrons. The van der Waals surface area contributed by atoms with Gasteiger partial charge in [0.05, 0.1) is 77.8 Å². The molecule has 5 aromatic heterocycles. The number of benzene rings is 11. The fourth-order valence-electron chi connectivity index (χ4n) is 14.9.